The Morgan fingerprint density at radius 1 is 1.50 bits per heavy atom. The zero-order chi connectivity index (χ0) is 14.5. The molecule has 0 saturated carbocycles. The number of nitrogens with zero attached hydrogens (tertiary/aromatic N) is 3. The lowest BCUT2D eigenvalue weighted by Crippen LogP contribution is -2.11. The van der Waals surface area contributed by atoms with Crippen molar-refractivity contribution in [3.63, 3.8) is 0 Å². The maximum Gasteiger partial charge on any atom is 0.180 e. The number of nitrogen functional groups attached to an aromatic ring is 1. The molecular formula is C15H18N4O. The lowest BCUT2D eigenvalue weighted by molar-refractivity contribution is 0.348. The van der Waals surface area contributed by atoms with Crippen LogP contribution in [0.2, 0.25) is 0 Å². The van der Waals surface area contributed by atoms with Crippen molar-refractivity contribution in [3.8, 4) is 5.75 Å². The van der Waals surface area contributed by atoms with Crippen LogP contribution in [0.1, 0.15) is 12.7 Å². The number of anilines is 1. The molecule has 0 atom stereocenters. The van der Waals surface area contributed by atoms with Gasteiger partial charge in [-0.1, -0.05) is 12.7 Å². The third-order valence-electron chi connectivity index (χ3n) is 2.70. The first-order chi connectivity index (χ1) is 9.56. The van der Waals surface area contributed by atoms with Crippen molar-refractivity contribution in [3.05, 3.63) is 60.5 Å². The summed E-state index contributed by atoms with van der Waals surface area (Å²) in [5.74, 6) is 1.48. The van der Waals surface area contributed by atoms with Gasteiger partial charge >= 0.3 is 0 Å². The first kappa shape index (κ1) is 13.9. The number of rotatable bonds is 4. The summed E-state index contributed by atoms with van der Waals surface area (Å²) in [6.45, 7) is 8.13. The summed E-state index contributed by atoms with van der Waals surface area (Å²) in [5.41, 5.74) is 7.71. The van der Waals surface area contributed by atoms with Gasteiger partial charge in [-0.25, -0.2) is 9.97 Å². The van der Waals surface area contributed by atoms with Gasteiger partial charge in [0.25, 0.3) is 0 Å². The molecule has 0 bridgehead atoms. The molecule has 0 aliphatic carbocycles. The number of aromatic nitrogens is 2. The van der Waals surface area contributed by atoms with Crippen LogP contribution in [0.3, 0.4) is 0 Å². The van der Waals surface area contributed by atoms with E-state index in [-0.39, 0.29) is 0 Å². The number of allylic oxidation sites excluding steroid dienone is 3. The molecule has 0 aromatic carbocycles. The molecule has 0 fully saturated rings. The van der Waals surface area contributed by atoms with Crippen molar-refractivity contribution < 1.29 is 4.74 Å². The number of nitrogens with two attached hydrogens (primary N) is 1. The summed E-state index contributed by atoms with van der Waals surface area (Å²) < 4.78 is 5.61. The minimum atomic E-state index is 0.357. The number of hydrogen-bond donors (Lipinski definition) is 1. The fourth-order valence-electron chi connectivity index (χ4n) is 1.67. The van der Waals surface area contributed by atoms with Gasteiger partial charge in [0.15, 0.2) is 11.6 Å². The molecular weight excluding hydrogens is 252 g/mol. The largest absolute Gasteiger partial charge is 0.484 e. The van der Waals surface area contributed by atoms with Crippen molar-refractivity contribution >= 4 is 5.82 Å². The van der Waals surface area contributed by atoms with Gasteiger partial charge < -0.3 is 15.4 Å². The number of aryl methyl sites for hydroxylation is 1. The molecule has 1 aliphatic heterocycles. The summed E-state index contributed by atoms with van der Waals surface area (Å²) >= 11 is 0. The highest BCUT2D eigenvalue weighted by Gasteiger charge is 2.05. The summed E-state index contributed by atoms with van der Waals surface area (Å²) in [6.07, 6.45) is 11.3. The van der Waals surface area contributed by atoms with Gasteiger partial charge in [-0.3, -0.25) is 0 Å². The number of ether oxygens (including phenoxy) is 1. The van der Waals surface area contributed by atoms with E-state index < -0.39 is 0 Å². The molecule has 1 aromatic heterocycles. The van der Waals surface area contributed by atoms with E-state index in [1.54, 1.807) is 13.1 Å². The van der Waals surface area contributed by atoms with Gasteiger partial charge in [0, 0.05) is 18.1 Å². The molecule has 1 aliphatic rings. The van der Waals surface area contributed by atoms with E-state index >= 15 is 0 Å². The second-order valence-electron chi connectivity index (χ2n) is 4.53. The molecule has 1 aromatic rings. The van der Waals surface area contributed by atoms with E-state index in [0.29, 0.717) is 24.0 Å². The Balaban J connectivity index is 1.98. The molecule has 5 nitrogen and oxygen atoms in total. The minimum absolute atomic E-state index is 0.357. The predicted molar refractivity (Wildman–Crippen MR) is 79.7 cm³/mol. The lowest BCUT2D eigenvalue weighted by Gasteiger charge is -2.19. The summed E-state index contributed by atoms with van der Waals surface area (Å²) in [5, 5.41) is 0. The predicted octanol–water partition coefficient (Wildman–Crippen LogP) is 2.55. The third kappa shape index (κ3) is 3.47. The highest BCUT2D eigenvalue weighted by atomic mass is 16.5. The quantitative estimate of drug-likeness (QED) is 0.911. The van der Waals surface area contributed by atoms with E-state index in [1.807, 2.05) is 42.5 Å². The summed E-state index contributed by atoms with van der Waals surface area (Å²) in [6, 6.07) is 0. The Hall–Kier alpha value is -2.56. The van der Waals surface area contributed by atoms with Gasteiger partial charge in [-0.05, 0) is 31.6 Å². The van der Waals surface area contributed by atoms with Crippen molar-refractivity contribution in [2.24, 2.45) is 0 Å². The topological polar surface area (TPSA) is 64.3 Å². The van der Waals surface area contributed by atoms with Gasteiger partial charge in [-0.15, -0.1) is 0 Å². The van der Waals surface area contributed by atoms with Crippen molar-refractivity contribution in [1.82, 2.24) is 14.9 Å². The second-order valence-corrected chi connectivity index (χ2v) is 4.53. The van der Waals surface area contributed by atoms with Crippen LogP contribution >= 0.6 is 0 Å². The van der Waals surface area contributed by atoms with Gasteiger partial charge in [0.2, 0.25) is 0 Å². The second kappa shape index (κ2) is 6.06. The molecule has 0 amide bonds. The molecule has 2 heterocycles. The molecule has 2 N–H and O–H groups in total. The van der Waals surface area contributed by atoms with E-state index in [2.05, 4.69) is 16.5 Å². The van der Waals surface area contributed by atoms with Crippen molar-refractivity contribution in [2.45, 2.75) is 13.8 Å². The Morgan fingerprint density at radius 3 is 3.00 bits per heavy atom. The highest BCUT2D eigenvalue weighted by Crippen LogP contribution is 2.18. The molecule has 5 heteroatoms. The molecule has 20 heavy (non-hydrogen) atoms. The highest BCUT2D eigenvalue weighted by molar-refractivity contribution is 5.43. The van der Waals surface area contributed by atoms with E-state index in [9.17, 15) is 0 Å². The van der Waals surface area contributed by atoms with Gasteiger partial charge in [0.1, 0.15) is 12.4 Å². The molecule has 0 radical (unpaired) electrons. The molecule has 104 valence electrons. The van der Waals surface area contributed by atoms with E-state index in [1.165, 1.54) is 0 Å². The minimum Gasteiger partial charge on any atom is -0.484 e. The molecule has 0 unspecified atom stereocenters. The first-order valence-corrected chi connectivity index (χ1v) is 6.27. The fourth-order valence-corrected chi connectivity index (χ4v) is 1.67. The maximum absolute atomic E-state index is 5.77. The molecule has 0 spiro atoms. The zero-order valence-corrected chi connectivity index (χ0v) is 11.7. The normalized spacial score (nSPS) is 14.8. The van der Waals surface area contributed by atoms with Crippen LogP contribution in [0.25, 0.3) is 0 Å². The monoisotopic (exact) mass is 270 g/mol. The van der Waals surface area contributed by atoms with Crippen LogP contribution in [-0.2, 0) is 0 Å². The van der Waals surface area contributed by atoms with Crippen LogP contribution in [0.4, 0.5) is 5.82 Å². The van der Waals surface area contributed by atoms with Gasteiger partial charge in [0.05, 0.1) is 6.20 Å². The van der Waals surface area contributed by atoms with Gasteiger partial charge in [-0.2, -0.15) is 0 Å². The van der Waals surface area contributed by atoms with Crippen molar-refractivity contribution in [1.29, 1.82) is 0 Å². The zero-order valence-electron chi connectivity index (χ0n) is 11.7. The Labute approximate surface area is 118 Å². The Bertz CT molecular complexity index is 602. The Kier molecular flexibility index (Phi) is 4.20. The van der Waals surface area contributed by atoms with E-state index in [0.717, 1.165) is 11.3 Å². The summed E-state index contributed by atoms with van der Waals surface area (Å²) in [7, 11) is 0. The van der Waals surface area contributed by atoms with Crippen molar-refractivity contribution in [2.75, 3.05) is 12.3 Å². The van der Waals surface area contributed by atoms with Crippen LogP contribution in [0.5, 0.6) is 5.75 Å². The fraction of sp³-hybridized carbons (Fsp3) is 0.200. The maximum atomic E-state index is 5.77. The van der Waals surface area contributed by atoms with Crippen LogP contribution in [-0.4, -0.2) is 21.5 Å². The average molecular weight is 270 g/mol. The molecule has 0 saturated heterocycles. The van der Waals surface area contributed by atoms with E-state index in [4.69, 9.17) is 10.5 Å². The summed E-state index contributed by atoms with van der Waals surface area (Å²) in [4.78, 5) is 10.1. The lowest BCUT2D eigenvalue weighted by atomic mass is 10.2. The molecule has 2 rings (SSSR count). The Morgan fingerprint density at radius 2 is 2.30 bits per heavy atom. The smallest absolute Gasteiger partial charge is 0.180 e. The van der Waals surface area contributed by atoms with Crippen LogP contribution in [0, 0.1) is 6.92 Å². The number of hydrogen-bond acceptors (Lipinski definition) is 5. The standard InChI is InChI=1S/C15H18N4O/c1-11(9-19-7-5-4-6-12(19)2)10-20-14-8-17-13(3)18-15(14)16/h4-9H,2,10H2,1,3H3,(H2,16,17,18)/b11-9+. The first-order valence-electron chi connectivity index (χ1n) is 6.27. The van der Waals surface area contributed by atoms with Crippen LogP contribution in [0.15, 0.2) is 54.7 Å². The SMILES string of the molecule is C=C1C=CC=CN1/C=C(\C)COc1cnc(C)nc1N. The average Bonchev–Trinajstić information content (AvgIpc) is 2.40. The third-order valence-corrected chi connectivity index (χ3v) is 2.70. The van der Waals surface area contributed by atoms with Crippen LogP contribution < -0.4 is 10.5 Å².